The molecule has 1 fully saturated rings. The number of piperazine rings is 1. The quantitative estimate of drug-likeness (QED) is 0.846. The third-order valence-corrected chi connectivity index (χ3v) is 4.16. The van der Waals surface area contributed by atoms with Crippen molar-refractivity contribution in [1.29, 1.82) is 0 Å². The standard InChI is InChI=1S/C16H27N3/c1-4-18-9-11-19(12-10-18)16(13(2)3)14-5-7-15(17)8-6-14/h5-8,13,16H,4,9-12,17H2,1-3H3. The van der Waals surface area contributed by atoms with E-state index in [9.17, 15) is 0 Å². The van der Waals surface area contributed by atoms with Gasteiger partial charge >= 0.3 is 0 Å². The summed E-state index contributed by atoms with van der Waals surface area (Å²) in [4.78, 5) is 5.15. The molecule has 3 nitrogen and oxygen atoms in total. The van der Waals surface area contributed by atoms with Crippen molar-refractivity contribution in [3.63, 3.8) is 0 Å². The Balaban J connectivity index is 2.10. The Kier molecular flexibility index (Phi) is 4.83. The van der Waals surface area contributed by atoms with Gasteiger partial charge in [0.15, 0.2) is 0 Å². The fraction of sp³-hybridized carbons (Fsp3) is 0.625. The van der Waals surface area contributed by atoms with Gasteiger partial charge in [0.1, 0.15) is 0 Å². The molecule has 0 aliphatic carbocycles. The van der Waals surface area contributed by atoms with E-state index in [-0.39, 0.29) is 0 Å². The van der Waals surface area contributed by atoms with Gasteiger partial charge in [0.05, 0.1) is 0 Å². The highest BCUT2D eigenvalue weighted by Gasteiger charge is 2.26. The highest BCUT2D eigenvalue weighted by Crippen LogP contribution is 2.29. The van der Waals surface area contributed by atoms with E-state index >= 15 is 0 Å². The first kappa shape index (κ1) is 14.4. The minimum atomic E-state index is 0.514. The highest BCUT2D eigenvalue weighted by atomic mass is 15.3. The van der Waals surface area contributed by atoms with Crippen molar-refractivity contribution < 1.29 is 0 Å². The first-order valence-corrected chi connectivity index (χ1v) is 7.43. The Hall–Kier alpha value is -1.06. The minimum Gasteiger partial charge on any atom is -0.399 e. The van der Waals surface area contributed by atoms with Crippen LogP contribution in [0.25, 0.3) is 0 Å². The molecule has 1 aliphatic heterocycles. The van der Waals surface area contributed by atoms with Gasteiger partial charge in [-0.1, -0.05) is 32.9 Å². The summed E-state index contributed by atoms with van der Waals surface area (Å²) in [6.45, 7) is 12.8. The number of rotatable bonds is 4. The Morgan fingerprint density at radius 2 is 1.63 bits per heavy atom. The van der Waals surface area contributed by atoms with Crippen molar-refractivity contribution in [3.8, 4) is 0 Å². The van der Waals surface area contributed by atoms with Crippen LogP contribution in [0.15, 0.2) is 24.3 Å². The summed E-state index contributed by atoms with van der Waals surface area (Å²) < 4.78 is 0. The molecule has 1 saturated heterocycles. The Morgan fingerprint density at radius 1 is 1.05 bits per heavy atom. The van der Waals surface area contributed by atoms with E-state index in [1.54, 1.807) is 0 Å². The molecular formula is C16H27N3. The molecule has 0 bridgehead atoms. The second-order valence-corrected chi connectivity index (χ2v) is 5.83. The summed E-state index contributed by atoms with van der Waals surface area (Å²) in [6.07, 6.45) is 0. The van der Waals surface area contributed by atoms with Crippen LogP contribution < -0.4 is 5.73 Å². The number of benzene rings is 1. The third kappa shape index (κ3) is 3.48. The molecule has 1 aromatic carbocycles. The summed E-state index contributed by atoms with van der Waals surface area (Å²) in [5.74, 6) is 0.622. The zero-order valence-electron chi connectivity index (χ0n) is 12.5. The predicted octanol–water partition coefficient (Wildman–Crippen LogP) is 2.60. The van der Waals surface area contributed by atoms with E-state index < -0.39 is 0 Å². The molecule has 1 aliphatic rings. The lowest BCUT2D eigenvalue weighted by molar-refractivity contribution is 0.0786. The van der Waals surface area contributed by atoms with Crippen LogP contribution in [-0.2, 0) is 0 Å². The average Bonchev–Trinajstić information content (AvgIpc) is 2.42. The van der Waals surface area contributed by atoms with Gasteiger partial charge in [-0.3, -0.25) is 4.90 Å². The van der Waals surface area contributed by atoms with E-state index in [0.717, 1.165) is 5.69 Å². The van der Waals surface area contributed by atoms with Crippen molar-refractivity contribution in [1.82, 2.24) is 9.80 Å². The average molecular weight is 261 g/mol. The zero-order chi connectivity index (χ0) is 13.8. The molecule has 0 aromatic heterocycles. The van der Waals surface area contributed by atoms with Crippen LogP contribution in [0.4, 0.5) is 5.69 Å². The second kappa shape index (κ2) is 6.40. The lowest BCUT2D eigenvalue weighted by Gasteiger charge is -2.41. The Morgan fingerprint density at radius 3 is 2.11 bits per heavy atom. The molecule has 3 heteroatoms. The zero-order valence-corrected chi connectivity index (χ0v) is 12.5. The molecule has 106 valence electrons. The molecule has 2 rings (SSSR count). The van der Waals surface area contributed by atoms with Crippen LogP contribution in [0.2, 0.25) is 0 Å². The lowest BCUT2D eigenvalue weighted by Crippen LogP contribution is -2.48. The van der Waals surface area contributed by atoms with Crippen LogP contribution >= 0.6 is 0 Å². The van der Waals surface area contributed by atoms with Gasteiger partial charge in [-0.05, 0) is 30.2 Å². The highest BCUT2D eigenvalue weighted by molar-refractivity contribution is 5.40. The fourth-order valence-electron chi connectivity index (χ4n) is 3.07. The number of nitrogen functional groups attached to an aromatic ring is 1. The smallest absolute Gasteiger partial charge is 0.0372 e. The molecule has 0 amide bonds. The van der Waals surface area contributed by atoms with Gasteiger partial charge in [-0.25, -0.2) is 0 Å². The van der Waals surface area contributed by atoms with Gasteiger partial charge < -0.3 is 10.6 Å². The maximum absolute atomic E-state index is 5.80. The second-order valence-electron chi connectivity index (χ2n) is 5.83. The number of hydrogen-bond donors (Lipinski definition) is 1. The van der Waals surface area contributed by atoms with Gasteiger partial charge in [0.2, 0.25) is 0 Å². The number of likely N-dealkylation sites (N-methyl/N-ethyl adjacent to an activating group) is 1. The normalized spacial score (nSPS) is 19.8. The van der Waals surface area contributed by atoms with Crippen LogP contribution in [0, 0.1) is 5.92 Å². The van der Waals surface area contributed by atoms with E-state index in [1.807, 2.05) is 12.1 Å². The summed E-state index contributed by atoms with van der Waals surface area (Å²) >= 11 is 0. The summed E-state index contributed by atoms with van der Waals surface area (Å²) in [6, 6.07) is 8.93. The van der Waals surface area contributed by atoms with Crippen LogP contribution in [0.1, 0.15) is 32.4 Å². The van der Waals surface area contributed by atoms with E-state index in [4.69, 9.17) is 5.73 Å². The van der Waals surface area contributed by atoms with Crippen LogP contribution in [-0.4, -0.2) is 42.5 Å². The van der Waals surface area contributed by atoms with Crippen LogP contribution in [0.3, 0.4) is 0 Å². The van der Waals surface area contributed by atoms with Crippen LogP contribution in [0.5, 0.6) is 0 Å². The predicted molar refractivity (Wildman–Crippen MR) is 82.1 cm³/mol. The van der Waals surface area contributed by atoms with Gasteiger partial charge in [-0.2, -0.15) is 0 Å². The molecule has 1 aromatic rings. The van der Waals surface area contributed by atoms with Crippen molar-refractivity contribution in [2.24, 2.45) is 5.92 Å². The van der Waals surface area contributed by atoms with Gasteiger partial charge in [0, 0.05) is 37.9 Å². The Labute approximate surface area is 117 Å². The van der Waals surface area contributed by atoms with Crippen molar-refractivity contribution in [2.75, 3.05) is 38.5 Å². The van der Waals surface area contributed by atoms with E-state index in [0.29, 0.717) is 12.0 Å². The van der Waals surface area contributed by atoms with Crippen molar-refractivity contribution in [3.05, 3.63) is 29.8 Å². The SMILES string of the molecule is CCN1CCN(C(c2ccc(N)cc2)C(C)C)CC1. The number of hydrogen-bond acceptors (Lipinski definition) is 3. The molecule has 1 unspecified atom stereocenters. The number of nitrogens with zero attached hydrogens (tertiary/aromatic N) is 2. The van der Waals surface area contributed by atoms with Crippen molar-refractivity contribution in [2.45, 2.75) is 26.8 Å². The summed E-state index contributed by atoms with van der Waals surface area (Å²) in [5.41, 5.74) is 8.04. The fourth-order valence-corrected chi connectivity index (χ4v) is 3.07. The minimum absolute atomic E-state index is 0.514. The van der Waals surface area contributed by atoms with E-state index in [2.05, 4.69) is 42.7 Å². The summed E-state index contributed by atoms with van der Waals surface area (Å²) in [7, 11) is 0. The first-order chi connectivity index (χ1) is 9.11. The lowest BCUT2D eigenvalue weighted by atomic mass is 9.93. The monoisotopic (exact) mass is 261 g/mol. The van der Waals surface area contributed by atoms with Gasteiger partial charge in [0.25, 0.3) is 0 Å². The molecular weight excluding hydrogens is 234 g/mol. The number of anilines is 1. The van der Waals surface area contributed by atoms with Crippen molar-refractivity contribution >= 4 is 5.69 Å². The topological polar surface area (TPSA) is 32.5 Å². The van der Waals surface area contributed by atoms with E-state index in [1.165, 1.54) is 38.3 Å². The maximum atomic E-state index is 5.80. The largest absolute Gasteiger partial charge is 0.399 e. The molecule has 0 saturated carbocycles. The summed E-state index contributed by atoms with van der Waals surface area (Å²) in [5, 5.41) is 0. The third-order valence-electron chi connectivity index (χ3n) is 4.16. The van der Waals surface area contributed by atoms with Gasteiger partial charge in [-0.15, -0.1) is 0 Å². The number of nitrogens with two attached hydrogens (primary N) is 1. The maximum Gasteiger partial charge on any atom is 0.0372 e. The Bertz CT molecular complexity index is 377. The molecule has 0 spiro atoms. The molecule has 1 atom stereocenters. The molecule has 1 heterocycles. The molecule has 19 heavy (non-hydrogen) atoms. The molecule has 0 radical (unpaired) electrons. The first-order valence-electron chi connectivity index (χ1n) is 7.43. The molecule has 2 N–H and O–H groups in total.